The van der Waals surface area contributed by atoms with Crippen LogP contribution in [0.1, 0.15) is 44.5 Å². The Morgan fingerprint density at radius 1 is 1.10 bits per heavy atom. The molecule has 0 aromatic heterocycles. The van der Waals surface area contributed by atoms with Crippen molar-refractivity contribution in [1.29, 1.82) is 0 Å². The van der Waals surface area contributed by atoms with Crippen molar-refractivity contribution in [2.75, 3.05) is 18.4 Å². The predicted octanol–water partition coefficient (Wildman–Crippen LogP) is 2.15. The van der Waals surface area contributed by atoms with Gasteiger partial charge in [0.1, 0.15) is 0 Å². The fraction of sp³-hybridized carbons (Fsp3) is 0.500. The van der Waals surface area contributed by atoms with Crippen LogP contribution >= 0.6 is 0 Å². The first-order valence-electron chi connectivity index (χ1n) is 7.25. The van der Waals surface area contributed by atoms with Crippen molar-refractivity contribution in [3.63, 3.8) is 0 Å². The van der Waals surface area contributed by atoms with Gasteiger partial charge in [-0.25, -0.2) is 0 Å². The maximum Gasteiger partial charge on any atom is 0.251 e. The van der Waals surface area contributed by atoms with Gasteiger partial charge in [0.15, 0.2) is 0 Å². The molecule has 21 heavy (non-hydrogen) atoms. The van der Waals surface area contributed by atoms with Gasteiger partial charge in [0, 0.05) is 23.3 Å². The third kappa shape index (κ3) is 6.79. The third-order valence-corrected chi connectivity index (χ3v) is 2.65. The number of hydrogen-bond acceptors (Lipinski definition) is 3. The molecule has 0 fully saturated rings. The van der Waals surface area contributed by atoms with Gasteiger partial charge in [-0.15, -0.1) is 0 Å². The van der Waals surface area contributed by atoms with Crippen molar-refractivity contribution in [3.8, 4) is 0 Å². The van der Waals surface area contributed by atoms with Gasteiger partial charge in [0.2, 0.25) is 5.91 Å². The summed E-state index contributed by atoms with van der Waals surface area (Å²) in [6.07, 6.45) is 1.05. The lowest BCUT2D eigenvalue weighted by Gasteiger charge is -2.20. The van der Waals surface area contributed by atoms with Crippen LogP contribution in [-0.2, 0) is 4.79 Å². The lowest BCUT2D eigenvalue weighted by atomic mass is 10.1. The zero-order chi connectivity index (χ0) is 15.9. The topological polar surface area (TPSA) is 70.2 Å². The van der Waals surface area contributed by atoms with Crippen LogP contribution in [0.3, 0.4) is 0 Å². The van der Waals surface area contributed by atoms with Gasteiger partial charge in [-0.05, 0) is 51.5 Å². The van der Waals surface area contributed by atoms with E-state index in [0.29, 0.717) is 5.56 Å². The normalized spacial score (nSPS) is 10.9. The van der Waals surface area contributed by atoms with Crippen molar-refractivity contribution in [1.82, 2.24) is 10.6 Å². The average molecular weight is 291 g/mol. The summed E-state index contributed by atoms with van der Waals surface area (Å²) in [5.74, 6) is -0.446. The molecular weight excluding hydrogens is 266 g/mol. The number of nitrogens with one attached hydrogen (secondary N) is 3. The van der Waals surface area contributed by atoms with Crippen LogP contribution < -0.4 is 16.0 Å². The second-order valence-electron chi connectivity index (χ2n) is 5.98. The number of amides is 2. The van der Waals surface area contributed by atoms with E-state index in [2.05, 4.69) is 22.9 Å². The predicted molar refractivity (Wildman–Crippen MR) is 85.5 cm³/mol. The van der Waals surface area contributed by atoms with Crippen LogP contribution in [0.15, 0.2) is 24.3 Å². The number of hydrogen-bond donors (Lipinski definition) is 3. The molecule has 1 aromatic rings. The number of carbonyl (C=O) groups is 2. The number of anilines is 1. The number of rotatable bonds is 6. The highest BCUT2D eigenvalue weighted by atomic mass is 16.2. The number of carbonyl (C=O) groups excluding carboxylic acids is 2. The van der Waals surface area contributed by atoms with Gasteiger partial charge in [-0.2, -0.15) is 0 Å². The lowest BCUT2D eigenvalue weighted by molar-refractivity contribution is -0.121. The standard InChI is InChI=1S/C16H25N3O2/c1-5-10-17-13-8-6-12(7-9-13)15(21)18-11-14(20)19-16(2,3)4/h6-9,17H,5,10-11H2,1-4H3,(H,18,21)(H,19,20). The van der Waals surface area contributed by atoms with Crippen LogP contribution in [0.2, 0.25) is 0 Å². The Morgan fingerprint density at radius 2 is 1.71 bits per heavy atom. The maximum absolute atomic E-state index is 11.9. The third-order valence-electron chi connectivity index (χ3n) is 2.65. The molecule has 2 amide bonds. The van der Waals surface area contributed by atoms with Gasteiger partial charge in [0.25, 0.3) is 5.91 Å². The van der Waals surface area contributed by atoms with E-state index in [9.17, 15) is 9.59 Å². The van der Waals surface area contributed by atoms with Gasteiger partial charge in [0.05, 0.1) is 6.54 Å². The molecule has 0 heterocycles. The Bertz CT molecular complexity index is 475. The van der Waals surface area contributed by atoms with E-state index in [1.165, 1.54) is 0 Å². The van der Waals surface area contributed by atoms with Crippen molar-refractivity contribution in [2.45, 2.75) is 39.7 Å². The largest absolute Gasteiger partial charge is 0.385 e. The van der Waals surface area contributed by atoms with E-state index in [4.69, 9.17) is 0 Å². The fourth-order valence-corrected chi connectivity index (χ4v) is 1.73. The van der Waals surface area contributed by atoms with E-state index in [1.54, 1.807) is 12.1 Å². The first-order valence-corrected chi connectivity index (χ1v) is 7.25. The minimum absolute atomic E-state index is 0.0219. The van der Waals surface area contributed by atoms with Gasteiger partial charge in [-0.3, -0.25) is 9.59 Å². The lowest BCUT2D eigenvalue weighted by Crippen LogP contribution is -2.45. The van der Waals surface area contributed by atoms with E-state index in [-0.39, 0.29) is 23.9 Å². The molecule has 116 valence electrons. The smallest absolute Gasteiger partial charge is 0.251 e. The summed E-state index contributed by atoms with van der Waals surface area (Å²) < 4.78 is 0. The molecule has 1 rings (SSSR count). The zero-order valence-electron chi connectivity index (χ0n) is 13.2. The van der Waals surface area contributed by atoms with Crippen LogP contribution in [0.25, 0.3) is 0 Å². The molecule has 0 aliphatic heterocycles. The molecular formula is C16H25N3O2. The summed E-state index contributed by atoms with van der Waals surface area (Å²) in [5.41, 5.74) is 1.23. The fourth-order valence-electron chi connectivity index (χ4n) is 1.73. The molecule has 1 aromatic carbocycles. The first-order chi connectivity index (χ1) is 9.81. The van der Waals surface area contributed by atoms with Gasteiger partial charge >= 0.3 is 0 Å². The highest BCUT2D eigenvalue weighted by molar-refractivity contribution is 5.96. The van der Waals surface area contributed by atoms with E-state index >= 15 is 0 Å². The number of benzene rings is 1. The van der Waals surface area contributed by atoms with Crippen LogP contribution in [0.5, 0.6) is 0 Å². The molecule has 5 heteroatoms. The maximum atomic E-state index is 11.9. The molecule has 0 aliphatic rings. The summed E-state index contributed by atoms with van der Waals surface area (Å²) in [7, 11) is 0. The second-order valence-corrected chi connectivity index (χ2v) is 5.98. The molecule has 0 spiro atoms. The average Bonchev–Trinajstić information content (AvgIpc) is 2.41. The van der Waals surface area contributed by atoms with Crippen LogP contribution in [-0.4, -0.2) is 30.4 Å². The molecule has 0 bridgehead atoms. The molecule has 3 N–H and O–H groups in total. The summed E-state index contributed by atoms with van der Waals surface area (Å²) >= 11 is 0. The summed E-state index contributed by atoms with van der Waals surface area (Å²) in [5, 5.41) is 8.65. The van der Waals surface area contributed by atoms with Crippen molar-refractivity contribution < 1.29 is 9.59 Å². The SMILES string of the molecule is CCCNc1ccc(C(=O)NCC(=O)NC(C)(C)C)cc1. The van der Waals surface area contributed by atoms with Crippen LogP contribution in [0, 0.1) is 0 Å². The Kier molecular flexibility index (Phi) is 6.21. The highest BCUT2D eigenvalue weighted by Crippen LogP contribution is 2.09. The molecule has 0 saturated heterocycles. The summed E-state index contributed by atoms with van der Waals surface area (Å²) in [4.78, 5) is 23.6. The molecule has 5 nitrogen and oxygen atoms in total. The van der Waals surface area contributed by atoms with Crippen molar-refractivity contribution in [3.05, 3.63) is 29.8 Å². The van der Waals surface area contributed by atoms with Gasteiger partial charge < -0.3 is 16.0 Å². The van der Waals surface area contributed by atoms with Gasteiger partial charge in [-0.1, -0.05) is 6.92 Å². The first kappa shape index (κ1) is 17.0. The minimum Gasteiger partial charge on any atom is -0.385 e. The molecule has 0 radical (unpaired) electrons. The zero-order valence-corrected chi connectivity index (χ0v) is 13.2. The monoisotopic (exact) mass is 291 g/mol. The van der Waals surface area contributed by atoms with Crippen molar-refractivity contribution in [2.24, 2.45) is 0 Å². The van der Waals surface area contributed by atoms with Crippen molar-refractivity contribution >= 4 is 17.5 Å². The molecule has 0 unspecified atom stereocenters. The Morgan fingerprint density at radius 3 is 2.24 bits per heavy atom. The van der Waals surface area contributed by atoms with E-state index in [0.717, 1.165) is 18.7 Å². The summed E-state index contributed by atoms with van der Waals surface area (Å²) in [6.45, 7) is 8.67. The van der Waals surface area contributed by atoms with E-state index in [1.807, 2.05) is 32.9 Å². The Hall–Kier alpha value is -2.04. The quantitative estimate of drug-likeness (QED) is 0.752. The summed E-state index contributed by atoms with van der Waals surface area (Å²) in [6, 6.07) is 7.21. The molecule has 0 saturated carbocycles. The minimum atomic E-state index is -0.297. The molecule has 0 aliphatic carbocycles. The highest BCUT2D eigenvalue weighted by Gasteiger charge is 2.14. The van der Waals surface area contributed by atoms with Crippen LogP contribution in [0.4, 0.5) is 5.69 Å². The molecule has 0 atom stereocenters. The second kappa shape index (κ2) is 7.67. The Balaban J connectivity index is 2.47. The Labute approximate surface area is 126 Å². The van der Waals surface area contributed by atoms with E-state index < -0.39 is 0 Å².